The third-order valence-electron chi connectivity index (χ3n) is 2.93. The highest BCUT2D eigenvalue weighted by Crippen LogP contribution is 2.10. The number of allylic oxidation sites excluding steroid dienone is 3. The first kappa shape index (κ1) is 17.1. The number of nitrogens with zero attached hydrogens (tertiary/aromatic N) is 2. The number of hydrogen-bond donors (Lipinski definition) is 1. The average Bonchev–Trinajstić information content (AvgIpc) is 2.87. The number of imidazole rings is 1. The van der Waals surface area contributed by atoms with Crippen LogP contribution in [0.3, 0.4) is 0 Å². The molecule has 1 N–H and O–H groups in total. The van der Waals surface area contributed by atoms with E-state index in [4.69, 9.17) is 0 Å². The summed E-state index contributed by atoms with van der Waals surface area (Å²) in [7, 11) is 0. The molecule has 0 saturated heterocycles. The van der Waals surface area contributed by atoms with Crippen LogP contribution in [-0.2, 0) is 6.54 Å². The quantitative estimate of drug-likeness (QED) is 0.558. The van der Waals surface area contributed by atoms with Crippen molar-refractivity contribution >= 4 is 11.8 Å². The molecule has 20 heavy (non-hydrogen) atoms. The van der Waals surface area contributed by atoms with E-state index in [1.54, 1.807) is 24.3 Å². The average molecular weight is 294 g/mol. The van der Waals surface area contributed by atoms with E-state index in [0.29, 0.717) is 6.54 Å². The van der Waals surface area contributed by atoms with Crippen molar-refractivity contribution in [3.05, 3.63) is 42.0 Å². The molecule has 1 heterocycles. The van der Waals surface area contributed by atoms with Crippen LogP contribution in [0.2, 0.25) is 0 Å². The summed E-state index contributed by atoms with van der Waals surface area (Å²) < 4.78 is 1.91. The fourth-order valence-corrected chi connectivity index (χ4v) is 2.70. The van der Waals surface area contributed by atoms with Crippen LogP contribution in [0.1, 0.15) is 33.6 Å². The van der Waals surface area contributed by atoms with Crippen LogP contribution >= 0.6 is 11.8 Å². The molecule has 0 bridgehead atoms. The highest BCUT2D eigenvalue weighted by Gasteiger charge is 2.04. The molecule has 1 rings (SSSR count). The summed E-state index contributed by atoms with van der Waals surface area (Å²) in [5, 5.41) is 9.89. The van der Waals surface area contributed by atoms with Gasteiger partial charge in [-0.2, -0.15) is 11.8 Å². The van der Waals surface area contributed by atoms with Gasteiger partial charge in [0, 0.05) is 23.9 Å². The minimum atomic E-state index is -0.311. The van der Waals surface area contributed by atoms with E-state index < -0.39 is 0 Å². The van der Waals surface area contributed by atoms with E-state index in [1.165, 1.54) is 11.1 Å². The maximum atomic E-state index is 9.89. The Hall–Kier alpha value is -1.00. The summed E-state index contributed by atoms with van der Waals surface area (Å²) in [6, 6.07) is 0. The lowest BCUT2D eigenvalue weighted by atomic mass is 10.1. The van der Waals surface area contributed by atoms with Crippen LogP contribution < -0.4 is 0 Å². The van der Waals surface area contributed by atoms with Crippen LogP contribution in [0.15, 0.2) is 42.0 Å². The van der Waals surface area contributed by atoms with Crippen molar-refractivity contribution in [1.29, 1.82) is 0 Å². The number of aliphatic hydroxyl groups is 1. The van der Waals surface area contributed by atoms with Crippen molar-refractivity contribution in [2.45, 2.75) is 46.3 Å². The van der Waals surface area contributed by atoms with E-state index >= 15 is 0 Å². The van der Waals surface area contributed by atoms with Gasteiger partial charge in [0.15, 0.2) is 0 Å². The molecule has 0 saturated carbocycles. The Kier molecular flexibility index (Phi) is 8.38. The first-order chi connectivity index (χ1) is 9.58. The van der Waals surface area contributed by atoms with Crippen LogP contribution in [-0.4, -0.2) is 32.3 Å². The molecule has 1 atom stereocenters. The van der Waals surface area contributed by atoms with Crippen molar-refractivity contribution in [3.63, 3.8) is 0 Å². The van der Waals surface area contributed by atoms with Crippen LogP contribution in [0.4, 0.5) is 0 Å². The highest BCUT2D eigenvalue weighted by molar-refractivity contribution is 7.99. The van der Waals surface area contributed by atoms with Gasteiger partial charge in [0.2, 0.25) is 0 Å². The number of thioether (sulfide) groups is 1. The van der Waals surface area contributed by atoms with Gasteiger partial charge >= 0.3 is 0 Å². The molecule has 0 aliphatic rings. The Bertz CT molecular complexity index is 420. The van der Waals surface area contributed by atoms with E-state index in [0.717, 1.165) is 24.3 Å². The van der Waals surface area contributed by atoms with Gasteiger partial charge in [-0.1, -0.05) is 23.3 Å². The van der Waals surface area contributed by atoms with Gasteiger partial charge < -0.3 is 9.67 Å². The third-order valence-corrected chi connectivity index (χ3v) is 3.95. The Morgan fingerprint density at radius 2 is 2.15 bits per heavy atom. The van der Waals surface area contributed by atoms with Crippen molar-refractivity contribution in [2.24, 2.45) is 0 Å². The van der Waals surface area contributed by atoms with E-state index in [1.807, 2.05) is 10.8 Å². The van der Waals surface area contributed by atoms with Gasteiger partial charge in [-0.25, -0.2) is 4.98 Å². The minimum absolute atomic E-state index is 0.311. The second kappa shape index (κ2) is 9.83. The largest absolute Gasteiger partial charge is 0.390 e. The molecule has 0 fully saturated rings. The second-order valence-corrected chi connectivity index (χ2v) is 6.40. The molecule has 0 aromatic carbocycles. The fraction of sp³-hybridized carbons (Fsp3) is 0.562. The van der Waals surface area contributed by atoms with Gasteiger partial charge in [-0.15, -0.1) is 0 Å². The molecule has 1 aromatic rings. The van der Waals surface area contributed by atoms with Crippen molar-refractivity contribution < 1.29 is 5.11 Å². The molecule has 112 valence electrons. The predicted molar refractivity (Wildman–Crippen MR) is 88.0 cm³/mol. The summed E-state index contributed by atoms with van der Waals surface area (Å²) in [5.74, 6) is 1.73. The van der Waals surface area contributed by atoms with Crippen LogP contribution in [0, 0.1) is 0 Å². The second-order valence-electron chi connectivity index (χ2n) is 5.32. The van der Waals surface area contributed by atoms with E-state index in [-0.39, 0.29) is 6.10 Å². The molecule has 0 aliphatic heterocycles. The number of aromatic nitrogens is 2. The molecule has 0 aliphatic carbocycles. The monoisotopic (exact) mass is 294 g/mol. The Morgan fingerprint density at radius 1 is 1.35 bits per heavy atom. The van der Waals surface area contributed by atoms with E-state index in [2.05, 4.69) is 37.9 Å². The zero-order valence-corrected chi connectivity index (χ0v) is 13.6. The van der Waals surface area contributed by atoms with Crippen LogP contribution in [0.25, 0.3) is 0 Å². The lowest BCUT2D eigenvalue weighted by molar-refractivity contribution is 0.178. The van der Waals surface area contributed by atoms with Gasteiger partial charge in [0.1, 0.15) is 0 Å². The van der Waals surface area contributed by atoms with Gasteiger partial charge in [-0.05, 0) is 33.6 Å². The normalized spacial score (nSPS) is 13.3. The molecule has 3 nitrogen and oxygen atoms in total. The fourth-order valence-electron chi connectivity index (χ4n) is 1.79. The summed E-state index contributed by atoms with van der Waals surface area (Å²) in [6.07, 6.45) is 11.8. The minimum Gasteiger partial charge on any atom is -0.390 e. The highest BCUT2D eigenvalue weighted by atomic mass is 32.2. The molecule has 0 spiro atoms. The molecule has 0 amide bonds. The number of hydrogen-bond acceptors (Lipinski definition) is 3. The molecular weight excluding hydrogens is 268 g/mol. The molecule has 1 aromatic heterocycles. The molecule has 0 radical (unpaired) electrons. The maximum Gasteiger partial charge on any atom is 0.0946 e. The van der Waals surface area contributed by atoms with E-state index in [9.17, 15) is 5.11 Å². The topological polar surface area (TPSA) is 38.0 Å². The Balaban J connectivity index is 2.12. The lowest BCUT2D eigenvalue weighted by Gasteiger charge is -2.10. The number of aliphatic hydroxyl groups excluding tert-OH is 1. The zero-order valence-electron chi connectivity index (χ0n) is 12.7. The molecule has 1 unspecified atom stereocenters. The lowest BCUT2D eigenvalue weighted by Crippen LogP contribution is -2.17. The van der Waals surface area contributed by atoms with Gasteiger partial charge in [-0.3, -0.25) is 0 Å². The standard InChI is InChI=1S/C16H26N2OS/c1-14(2)5-4-6-15(3)7-10-20-12-16(19)11-18-9-8-17-13-18/h5,7-9,13,16,19H,4,6,10-12H2,1-3H3. The van der Waals surface area contributed by atoms with Crippen molar-refractivity contribution in [2.75, 3.05) is 11.5 Å². The predicted octanol–water partition coefficient (Wildman–Crippen LogP) is 3.67. The smallest absolute Gasteiger partial charge is 0.0946 e. The van der Waals surface area contributed by atoms with Crippen molar-refractivity contribution in [3.8, 4) is 0 Å². The maximum absolute atomic E-state index is 9.89. The molecule has 4 heteroatoms. The SMILES string of the molecule is CC(C)=CCCC(C)=CCSCC(O)Cn1ccnc1. The van der Waals surface area contributed by atoms with Gasteiger partial charge in [0.25, 0.3) is 0 Å². The third kappa shape index (κ3) is 8.23. The first-order valence-electron chi connectivity index (χ1n) is 7.08. The Morgan fingerprint density at radius 3 is 2.80 bits per heavy atom. The molecular formula is C16H26N2OS. The van der Waals surface area contributed by atoms with Crippen LogP contribution in [0.5, 0.6) is 0 Å². The van der Waals surface area contributed by atoms with Gasteiger partial charge in [0.05, 0.1) is 19.0 Å². The zero-order chi connectivity index (χ0) is 14.8. The summed E-state index contributed by atoms with van der Waals surface area (Å²) in [5.41, 5.74) is 2.81. The number of rotatable bonds is 9. The Labute approximate surface area is 126 Å². The first-order valence-corrected chi connectivity index (χ1v) is 8.24. The van der Waals surface area contributed by atoms with Crippen molar-refractivity contribution in [1.82, 2.24) is 9.55 Å². The summed E-state index contributed by atoms with van der Waals surface area (Å²) in [6.45, 7) is 7.07. The summed E-state index contributed by atoms with van der Waals surface area (Å²) in [4.78, 5) is 3.97. The summed E-state index contributed by atoms with van der Waals surface area (Å²) >= 11 is 1.78.